The third kappa shape index (κ3) is 5.50. The molecule has 0 spiro atoms. The molecule has 6 heteroatoms. The number of rotatable bonds is 8. The highest BCUT2D eigenvalue weighted by Gasteiger charge is 2.10. The molecule has 0 saturated carbocycles. The van der Waals surface area contributed by atoms with Crippen LogP contribution in [0.1, 0.15) is 11.1 Å². The van der Waals surface area contributed by atoms with Crippen LogP contribution in [-0.2, 0) is 24.5 Å². The lowest BCUT2D eigenvalue weighted by Crippen LogP contribution is -2.33. The molecule has 0 aliphatic carbocycles. The number of nitrogens with one attached hydrogen (secondary N) is 1. The molecular formula is C30H25N3O3. The summed E-state index contributed by atoms with van der Waals surface area (Å²) in [6, 6.07) is 34.6. The Morgan fingerprint density at radius 1 is 0.778 bits per heavy atom. The average molecular weight is 476 g/mol. The van der Waals surface area contributed by atoms with E-state index < -0.39 is 0 Å². The zero-order valence-electron chi connectivity index (χ0n) is 19.6. The summed E-state index contributed by atoms with van der Waals surface area (Å²) in [7, 11) is 0. The second-order valence-electron chi connectivity index (χ2n) is 8.44. The number of amides is 1. The summed E-state index contributed by atoms with van der Waals surface area (Å²) in [5, 5.41) is 9.46. The topological polar surface area (TPSA) is 73.2 Å². The number of hydrogen-bond donors (Lipinski definition) is 1. The van der Waals surface area contributed by atoms with E-state index in [0.717, 1.165) is 33.2 Å². The highest BCUT2D eigenvalue weighted by molar-refractivity contribution is 5.95. The van der Waals surface area contributed by atoms with Crippen LogP contribution < -0.4 is 15.6 Å². The molecule has 0 atom stereocenters. The minimum Gasteiger partial charge on any atom is -0.489 e. The lowest BCUT2D eigenvalue weighted by Gasteiger charge is -2.10. The number of carbonyl (C=O) groups excluding carboxylic acids is 1. The van der Waals surface area contributed by atoms with Crippen LogP contribution in [0.2, 0.25) is 0 Å². The molecular weight excluding hydrogens is 450 g/mol. The molecule has 36 heavy (non-hydrogen) atoms. The van der Waals surface area contributed by atoms with Gasteiger partial charge in [0.05, 0.1) is 5.69 Å². The Kier molecular flexibility index (Phi) is 6.85. The van der Waals surface area contributed by atoms with Crippen molar-refractivity contribution in [3.05, 3.63) is 131 Å². The predicted octanol–water partition coefficient (Wildman–Crippen LogP) is 4.96. The maximum absolute atomic E-state index is 12.6. The van der Waals surface area contributed by atoms with Crippen molar-refractivity contribution in [1.29, 1.82) is 0 Å². The fourth-order valence-electron chi connectivity index (χ4n) is 3.99. The quantitative estimate of drug-likeness (QED) is 0.344. The van der Waals surface area contributed by atoms with E-state index in [1.54, 1.807) is 6.07 Å². The molecule has 1 amide bonds. The van der Waals surface area contributed by atoms with Gasteiger partial charge in [-0.05, 0) is 40.1 Å². The normalized spacial score (nSPS) is 10.8. The summed E-state index contributed by atoms with van der Waals surface area (Å²) in [6.45, 7) is 0.682. The second kappa shape index (κ2) is 10.7. The van der Waals surface area contributed by atoms with Crippen molar-refractivity contribution in [3.8, 4) is 17.0 Å². The van der Waals surface area contributed by atoms with Crippen LogP contribution in [0.3, 0.4) is 0 Å². The molecule has 4 aromatic carbocycles. The van der Waals surface area contributed by atoms with Gasteiger partial charge in [0.25, 0.3) is 5.56 Å². The monoisotopic (exact) mass is 475 g/mol. The van der Waals surface area contributed by atoms with Gasteiger partial charge in [-0.25, -0.2) is 4.68 Å². The van der Waals surface area contributed by atoms with Crippen LogP contribution in [-0.4, -0.2) is 15.7 Å². The van der Waals surface area contributed by atoms with Gasteiger partial charge in [0.1, 0.15) is 18.9 Å². The lowest BCUT2D eigenvalue weighted by molar-refractivity contribution is -0.122. The number of hydrogen-bond acceptors (Lipinski definition) is 4. The Labute approximate surface area is 208 Å². The van der Waals surface area contributed by atoms with Gasteiger partial charge in [-0.15, -0.1) is 0 Å². The van der Waals surface area contributed by atoms with Gasteiger partial charge in [-0.2, -0.15) is 5.10 Å². The van der Waals surface area contributed by atoms with Crippen LogP contribution in [0.5, 0.6) is 5.75 Å². The third-order valence-corrected chi connectivity index (χ3v) is 5.89. The summed E-state index contributed by atoms with van der Waals surface area (Å²) in [4.78, 5) is 25.0. The summed E-state index contributed by atoms with van der Waals surface area (Å²) in [5.41, 5.74) is 3.26. The minimum absolute atomic E-state index is 0.157. The first-order valence-electron chi connectivity index (χ1n) is 11.7. The van der Waals surface area contributed by atoms with Crippen LogP contribution in [0.15, 0.2) is 114 Å². The van der Waals surface area contributed by atoms with Gasteiger partial charge in [0.2, 0.25) is 5.91 Å². The van der Waals surface area contributed by atoms with Crippen molar-refractivity contribution in [1.82, 2.24) is 15.1 Å². The largest absolute Gasteiger partial charge is 0.489 e. The van der Waals surface area contributed by atoms with Crippen LogP contribution in [0.4, 0.5) is 0 Å². The van der Waals surface area contributed by atoms with E-state index in [-0.39, 0.29) is 18.0 Å². The van der Waals surface area contributed by atoms with Crippen molar-refractivity contribution in [2.75, 3.05) is 0 Å². The molecule has 6 nitrogen and oxygen atoms in total. The van der Waals surface area contributed by atoms with Gasteiger partial charge in [-0.3, -0.25) is 9.59 Å². The molecule has 1 N–H and O–H groups in total. The van der Waals surface area contributed by atoms with Gasteiger partial charge >= 0.3 is 0 Å². The predicted molar refractivity (Wildman–Crippen MR) is 141 cm³/mol. The summed E-state index contributed by atoms with van der Waals surface area (Å²) in [5.74, 6) is 0.471. The van der Waals surface area contributed by atoms with Crippen LogP contribution in [0, 0.1) is 0 Å². The average Bonchev–Trinajstić information content (AvgIpc) is 2.93. The third-order valence-electron chi connectivity index (χ3n) is 5.89. The van der Waals surface area contributed by atoms with E-state index in [0.29, 0.717) is 18.8 Å². The molecule has 1 heterocycles. The molecule has 1 aromatic heterocycles. The molecule has 178 valence electrons. The second-order valence-corrected chi connectivity index (χ2v) is 8.44. The summed E-state index contributed by atoms with van der Waals surface area (Å²) < 4.78 is 7.01. The van der Waals surface area contributed by atoms with Crippen molar-refractivity contribution in [2.24, 2.45) is 0 Å². The molecule has 0 bridgehead atoms. The zero-order valence-corrected chi connectivity index (χ0v) is 19.6. The number of fused-ring (bicyclic) bond motifs is 1. The molecule has 0 radical (unpaired) electrons. The number of nitrogens with zero attached hydrogens (tertiary/aromatic N) is 2. The van der Waals surface area contributed by atoms with Crippen LogP contribution >= 0.6 is 0 Å². The first-order valence-corrected chi connectivity index (χ1v) is 11.7. The molecule has 0 aliphatic heterocycles. The zero-order chi connectivity index (χ0) is 24.7. The molecule has 0 unspecified atom stereocenters. The van der Waals surface area contributed by atoms with E-state index in [9.17, 15) is 9.59 Å². The van der Waals surface area contributed by atoms with Crippen molar-refractivity contribution in [3.63, 3.8) is 0 Å². The first-order chi connectivity index (χ1) is 17.7. The SMILES string of the molecule is O=C(Cn1nc(-c2cccc3ccccc23)ccc1=O)NCc1ccc(OCc2ccccc2)cc1. The number of ether oxygens (including phenoxy) is 1. The Morgan fingerprint density at radius 2 is 1.53 bits per heavy atom. The number of benzene rings is 4. The Balaban J connectivity index is 1.21. The van der Waals surface area contributed by atoms with Gasteiger partial charge in [-0.1, -0.05) is 84.9 Å². The Bertz CT molecular complexity index is 1540. The standard InChI is InChI=1S/C30H25N3O3/c34-29(31-19-22-13-15-25(16-14-22)36-21-23-7-2-1-3-8-23)20-33-30(35)18-17-28(32-33)27-12-6-10-24-9-4-5-11-26(24)27/h1-18H,19-21H2,(H,31,34). The molecule has 0 fully saturated rings. The van der Waals surface area contributed by atoms with E-state index in [2.05, 4.69) is 10.4 Å². The minimum atomic E-state index is -0.325. The van der Waals surface area contributed by atoms with Crippen molar-refractivity contribution in [2.45, 2.75) is 19.7 Å². The molecule has 0 saturated heterocycles. The Morgan fingerprint density at radius 3 is 2.36 bits per heavy atom. The van der Waals surface area contributed by atoms with E-state index in [1.807, 2.05) is 97.1 Å². The van der Waals surface area contributed by atoms with E-state index >= 15 is 0 Å². The highest BCUT2D eigenvalue weighted by atomic mass is 16.5. The van der Waals surface area contributed by atoms with Crippen molar-refractivity contribution >= 4 is 16.7 Å². The van der Waals surface area contributed by atoms with Gasteiger partial charge in [0.15, 0.2) is 0 Å². The van der Waals surface area contributed by atoms with Crippen molar-refractivity contribution < 1.29 is 9.53 Å². The fraction of sp³-hybridized carbons (Fsp3) is 0.100. The van der Waals surface area contributed by atoms with Gasteiger partial charge < -0.3 is 10.1 Å². The molecule has 0 aliphatic rings. The summed E-state index contributed by atoms with van der Waals surface area (Å²) in [6.07, 6.45) is 0. The molecule has 5 rings (SSSR count). The lowest BCUT2D eigenvalue weighted by atomic mass is 10.0. The van der Waals surface area contributed by atoms with Crippen LogP contribution in [0.25, 0.3) is 22.0 Å². The van der Waals surface area contributed by atoms with E-state index in [1.165, 1.54) is 10.7 Å². The fourth-order valence-corrected chi connectivity index (χ4v) is 3.99. The summed E-state index contributed by atoms with van der Waals surface area (Å²) >= 11 is 0. The Hall–Kier alpha value is -4.71. The van der Waals surface area contributed by atoms with Gasteiger partial charge in [0, 0.05) is 18.2 Å². The highest BCUT2D eigenvalue weighted by Crippen LogP contribution is 2.26. The maximum Gasteiger partial charge on any atom is 0.267 e. The smallest absolute Gasteiger partial charge is 0.267 e. The first kappa shape index (κ1) is 23.1. The number of carbonyl (C=O) groups is 1. The maximum atomic E-state index is 12.6. The molecule has 5 aromatic rings. The van der Waals surface area contributed by atoms with E-state index in [4.69, 9.17) is 4.74 Å². The number of aromatic nitrogens is 2.